The molecule has 0 saturated carbocycles. The minimum absolute atomic E-state index is 0.939. The van der Waals surface area contributed by atoms with Crippen LogP contribution in [-0.4, -0.2) is 9.97 Å². The van der Waals surface area contributed by atoms with Gasteiger partial charge in [0.1, 0.15) is 0 Å². The third-order valence-electron chi connectivity index (χ3n) is 10.4. The van der Waals surface area contributed by atoms with Gasteiger partial charge in [0, 0.05) is 49.9 Å². The van der Waals surface area contributed by atoms with Gasteiger partial charge < -0.3 is 4.90 Å². The first kappa shape index (κ1) is 32.3. The monoisotopic (exact) mass is 701 g/mol. The highest BCUT2D eigenvalue weighted by Crippen LogP contribution is 2.43. The Balaban J connectivity index is 1.23. The summed E-state index contributed by atoms with van der Waals surface area (Å²) in [6.07, 6.45) is 0. The smallest absolute Gasteiger partial charge is 0.0788 e. The molecule has 3 nitrogen and oxygen atoms in total. The first-order valence-corrected chi connectivity index (χ1v) is 18.7. The quantitative estimate of drug-likeness (QED) is 0.155. The maximum absolute atomic E-state index is 5.44. The zero-order chi connectivity index (χ0) is 36.6. The molecule has 0 saturated heterocycles. The molecule has 0 spiro atoms. The average Bonchev–Trinajstić information content (AvgIpc) is 3.27. The lowest BCUT2D eigenvalue weighted by Gasteiger charge is -2.26. The van der Waals surface area contributed by atoms with Crippen LogP contribution < -0.4 is 4.90 Å². The Morgan fingerprint density at radius 3 is 1.51 bits per heavy atom. The van der Waals surface area contributed by atoms with Gasteiger partial charge in [0.05, 0.1) is 22.6 Å². The van der Waals surface area contributed by atoms with Crippen molar-refractivity contribution in [3.05, 3.63) is 212 Å². The zero-order valence-corrected chi connectivity index (χ0v) is 30.0. The number of para-hydroxylation sites is 2. The van der Waals surface area contributed by atoms with E-state index in [1.54, 1.807) is 0 Å². The van der Waals surface area contributed by atoms with Gasteiger partial charge in [-0.05, 0) is 70.4 Å². The Hall–Kier alpha value is -7.36. The average molecular weight is 702 g/mol. The van der Waals surface area contributed by atoms with Crippen molar-refractivity contribution in [1.29, 1.82) is 0 Å². The van der Waals surface area contributed by atoms with Crippen molar-refractivity contribution in [2.45, 2.75) is 0 Å². The fraction of sp³-hybridized carbons (Fsp3) is 0. The molecule has 10 rings (SSSR count). The number of anilines is 3. The van der Waals surface area contributed by atoms with Crippen LogP contribution in [0.5, 0.6) is 0 Å². The maximum atomic E-state index is 5.44. The number of pyridine rings is 2. The molecule has 8 aromatic carbocycles. The largest absolute Gasteiger partial charge is 0.310 e. The lowest BCUT2D eigenvalue weighted by Crippen LogP contribution is -2.09. The molecular formula is C52H35N3. The standard InChI is InChI=1S/C52H35N3/c1-6-17-36(18-7-1)39-33-48(37-19-8-2-9-20-37)53-49(34-39)44-27-16-28-45-43(44)31-32-47-51(45)46-30-29-42(35-50(46)54-52(47)38-21-10-3-11-22-38)55(40-23-12-4-13-24-40)41-25-14-5-15-26-41/h1-35H. The van der Waals surface area contributed by atoms with E-state index in [1.807, 2.05) is 6.07 Å². The highest BCUT2D eigenvalue weighted by Gasteiger charge is 2.19. The summed E-state index contributed by atoms with van der Waals surface area (Å²) in [6.45, 7) is 0. The predicted molar refractivity (Wildman–Crippen MR) is 231 cm³/mol. The van der Waals surface area contributed by atoms with Crippen LogP contribution >= 0.6 is 0 Å². The van der Waals surface area contributed by atoms with Crippen molar-refractivity contribution in [2.75, 3.05) is 4.90 Å². The molecule has 0 amide bonds. The van der Waals surface area contributed by atoms with Gasteiger partial charge in [0.2, 0.25) is 0 Å². The Labute approximate surface area is 320 Å². The molecule has 2 heterocycles. The van der Waals surface area contributed by atoms with Crippen molar-refractivity contribution in [3.8, 4) is 44.9 Å². The number of hydrogen-bond donors (Lipinski definition) is 0. The van der Waals surface area contributed by atoms with E-state index in [0.29, 0.717) is 0 Å². The molecule has 0 radical (unpaired) electrons. The van der Waals surface area contributed by atoms with Crippen molar-refractivity contribution in [2.24, 2.45) is 0 Å². The molecule has 55 heavy (non-hydrogen) atoms. The van der Waals surface area contributed by atoms with Crippen LogP contribution in [0.2, 0.25) is 0 Å². The van der Waals surface area contributed by atoms with Gasteiger partial charge in [-0.3, -0.25) is 0 Å². The topological polar surface area (TPSA) is 29.0 Å². The molecule has 258 valence electrons. The van der Waals surface area contributed by atoms with Crippen molar-refractivity contribution < 1.29 is 0 Å². The normalized spacial score (nSPS) is 11.3. The maximum Gasteiger partial charge on any atom is 0.0788 e. The Morgan fingerprint density at radius 1 is 0.309 bits per heavy atom. The second-order valence-corrected chi connectivity index (χ2v) is 13.8. The van der Waals surface area contributed by atoms with Gasteiger partial charge in [-0.1, -0.05) is 164 Å². The van der Waals surface area contributed by atoms with E-state index in [2.05, 4.69) is 211 Å². The highest BCUT2D eigenvalue weighted by atomic mass is 15.1. The molecule has 0 aliphatic rings. The van der Waals surface area contributed by atoms with E-state index < -0.39 is 0 Å². The van der Waals surface area contributed by atoms with Gasteiger partial charge in [0.25, 0.3) is 0 Å². The lowest BCUT2D eigenvalue weighted by atomic mass is 9.91. The summed E-state index contributed by atoms with van der Waals surface area (Å²) in [5, 5.41) is 5.73. The number of fused-ring (bicyclic) bond motifs is 5. The number of benzene rings is 8. The second kappa shape index (κ2) is 13.9. The molecule has 0 unspecified atom stereocenters. The van der Waals surface area contributed by atoms with Crippen LogP contribution in [0.4, 0.5) is 17.1 Å². The van der Waals surface area contributed by atoms with Crippen molar-refractivity contribution in [3.63, 3.8) is 0 Å². The van der Waals surface area contributed by atoms with E-state index in [-0.39, 0.29) is 0 Å². The molecule has 2 aromatic heterocycles. The van der Waals surface area contributed by atoms with Crippen molar-refractivity contribution in [1.82, 2.24) is 9.97 Å². The van der Waals surface area contributed by atoms with Crippen molar-refractivity contribution >= 4 is 49.5 Å². The summed E-state index contributed by atoms with van der Waals surface area (Å²) in [5.41, 5.74) is 12.6. The molecule has 0 bridgehead atoms. The summed E-state index contributed by atoms with van der Waals surface area (Å²) >= 11 is 0. The number of nitrogens with zero attached hydrogens (tertiary/aromatic N) is 3. The highest BCUT2D eigenvalue weighted by molar-refractivity contribution is 6.24. The van der Waals surface area contributed by atoms with Crippen LogP contribution in [-0.2, 0) is 0 Å². The zero-order valence-electron chi connectivity index (χ0n) is 30.0. The molecule has 0 aliphatic carbocycles. The third kappa shape index (κ3) is 5.98. The number of rotatable bonds is 7. The number of hydrogen-bond acceptors (Lipinski definition) is 3. The number of aromatic nitrogens is 2. The molecule has 0 fully saturated rings. The minimum atomic E-state index is 0.939. The van der Waals surface area contributed by atoms with Gasteiger partial charge in [-0.15, -0.1) is 0 Å². The summed E-state index contributed by atoms with van der Waals surface area (Å²) in [5.74, 6) is 0. The van der Waals surface area contributed by atoms with E-state index in [0.717, 1.165) is 83.6 Å². The van der Waals surface area contributed by atoms with Gasteiger partial charge in [0.15, 0.2) is 0 Å². The molecule has 0 N–H and O–H groups in total. The van der Waals surface area contributed by atoms with Gasteiger partial charge in [-0.2, -0.15) is 0 Å². The first-order valence-electron chi connectivity index (χ1n) is 18.7. The third-order valence-corrected chi connectivity index (χ3v) is 10.4. The molecule has 3 heteroatoms. The summed E-state index contributed by atoms with van der Waals surface area (Å²) in [7, 11) is 0. The van der Waals surface area contributed by atoms with Gasteiger partial charge in [-0.25, -0.2) is 9.97 Å². The van der Waals surface area contributed by atoms with E-state index in [4.69, 9.17) is 9.97 Å². The lowest BCUT2D eigenvalue weighted by molar-refractivity contribution is 1.28. The van der Waals surface area contributed by atoms with Crippen LogP contribution in [0.3, 0.4) is 0 Å². The Bertz CT molecular complexity index is 2850. The Kier molecular flexibility index (Phi) is 8.16. The summed E-state index contributed by atoms with van der Waals surface area (Å²) in [4.78, 5) is 13.1. The fourth-order valence-corrected chi connectivity index (χ4v) is 7.85. The molecular weight excluding hydrogens is 667 g/mol. The summed E-state index contributed by atoms with van der Waals surface area (Å²) < 4.78 is 0. The minimum Gasteiger partial charge on any atom is -0.310 e. The second-order valence-electron chi connectivity index (χ2n) is 13.8. The molecule has 10 aromatic rings. The van der Waals surface area contributed by atoms with Crippen LogP contribution in [0.1, 0.15) is 0 Å². The van der Waals surface area contributed by atoms with Gasteiger partial charge >= 0.3 is 0 Å². The van der Waals surface area contributed by atoms with E-state index in [9.17, 15) is 0 Å². The Morgan fingerprint density at radius 2 is 0.855 bits per heavy atom. The van der Waals surface area contributed by atoms with E-state index in [1.165, 1.54) is 10.8 Å². The fourth-order valence-electron chi connectivity index (χ4n) is 7.85. The first-order chi connectivity index (χ1) is 27.3. The molecule has 0 aliphatic heterocycles. The summed E-state index contributed by atoms with van der Waals surface area (Å²) in [6, 6.07) is 74.9. The van der Waals surface area contributed by atoms with E-state index >= 15 is 0 Å². The van der Waals surface area contributed by atoms with Crippen LogP contribution in [0, 0.1) is 0 Å². The predicted octanol–water partition coefficient (Wildman–Crippen LogP) is 14.1. The molecule has 0 atom stereocenters. The van der Waals surface area contributed by atoms with Crippen LogP contribution in [0.25, 0.3) is 77.3 Å². The SMILES string of the molecule is c1ccc(-c2cc(-c3ccccc3)nc(-c3cccc4c3ccc3c(-c5ccccc5)nc5cc(N(c6ccccc6)c6ccccc6)ccc5c34)c2)cc1. The van der Waals surface area contributed by atoms with Crippen LogP contribution in [0.15, 0.2) is 212 Å².